The summed E-state index contributed by atoms with van der Waals surface area (Å²) in [6.45, 7) is 4.08. The van der Waals surface area contributed by atoms with Gasteiger partial charge in [-0.05, 0) is 31.0 Å². The summed E-state index contributed by atoms with van der Waals surface area (Å²) in [6.07, 6.45) is 1.84. The summed E-state index contributed by atoms with van der Waals surface area (Å²) < 4.78 is 6.27. The van der Waals surface area contributed by atoms with Gasteiger partial charge in [0, 0.05) is 10.5 Å². The highest BCUT2D eigenvalue weighted by atomic mass is 79.9. The molecule has 0 heterocycles. The maximum Gasteiger partial charge on any atom is 0.258 e. The number of nitrogens with two attached hydrogens (primary N) is 1. The summed E-state index contributed by atoms with van der Waals surface area (Å²) in [5.41, 5.74) is 6.29. The van der Waals surface area contributed by atoms with Crippen LogP contribution in [-0.4, -0.2) is 18.6 Å². The zero-order valence-corrected chi connectivity index (χ0v) is 12.3. The number of rotatable bonds is 6. The molecule has 1 rings (SSSR count). The SMILES string of the molecule is CCC(CC)NC(=O)COc1ccc(Br)cc1N. The van der Waals surface area contributed by atoms with Crippen LogP contribution in [0.2, 0.25) is 0 Å². The fourth-order valence-electron chi connectivity index (χ4n) is 1.56. The van der Waals surface area contributed by atoms with E-state index in [0.717, 1.165) is 17.3 Å². The number of nitrogens with one attached hydrogen (secondary N) is 1. The molecule has 0 bridgehead atoms. The first kappa shape index (κ1) is 14.8. The van der Waals surface area contributed by atoms with Crippen molar-refractivity contribution in [2.24, 2.45) is 0 Å². The van der Waals surface area contributed by atoms with E-state index in [1.165, 1.54) is 0 Å². The summed E-state index contributed by atoms with van der Waals surface area (Å²) >= 11 is 3.31. The lowest BCUT2D eigenvalue weighted by Crippen LogP contribution is -2.37. The summed E-state index contributed by atoms with van der Waals surface area (Å²) in [7, 11) is 0. The topological polar surface area (TPSA) is 64.3 Å². The van der Waals surface area contributed by atoms with Crippen LogP contribution in [0.25, 0.3) is 0 Å². The van der Waals surface area contributed by atoms with E-state index in [0.29, 0.717) is 11.4 Å². The first-order chi connectivity index (χ1) is 8.56. The van der Waals surface area contributed by atoms with Gasteiger partial charge in [0.05, 0.1) is 5.69 Å². The standard InChI is InChI=1S/C13H19BrN2O2/c1-3-10(4-2)16-13(17)8-18-12-6-5-9(14)7-11(12)15/h5-7,10H,3-4,8,15H2,1-2H3,(H,16,17). The van der Waals surface area contributed by atoms with Crippen LogP contribution in [0.5, 0.6) is 5.75 Å². The predicted molar refractivity (Wildman–Crippen MR) is 76.6 cm³/mol. The number of benzene rings is 1. The minimum atomic E-state index is -0.119. The molecule has 0 fully saturated rings. The third kappa shape index (κ3) is 4.56. The van der Waals surface area contributed by atoms with E-state index in [4.69, 9.17) is 10.5 Å². The largest absolute Gasteiger partial charge is 0.482 e. The van der Waals surface area contributed by atoms with Crippen LogP contribution in [-0.2, 0) is 4.79 Å². The highest BCUT2D eigenvalue weighted by Crippen LogP contribution is 2.24. The molecule has 1 aromatic carbocycles. The fourth-order valence-corrected chi connectivity index (χ4v) is 1.93. The number of hydrogen-bond donors (Lipinski definition) is 2. The Morgan fingerprint density at radius 1 is 1.44 bits per heavy atom. The fraction of sp³-hybridized carbons (Fsp3) is 0.462. The first-order valence-electron chi connectivity index (χ1n) is 6.04. The van der Waals surface area contributed by atoms with Crippen molar-refractivity contribution in [3.63, 3.8) is 0 Å². The van der Waals surface area contributed by atoms with E-state index in [-0.39, 0.29) is 18.6 Å². The van der Waals surface area contributed by atoms with Crippen LogP contribution in [0.15, 0.2) is 22.7 Å². The van der Waals surface area contributed by atoms with Gasteiger partial charge in [0.15, 0.2) is 6.61 Å². The molecule has 18 heavy (non-hydrogen) atoms. The van der Waals surface area contributed by atoms with E-state index < -0.39 is 0 Å². The third-order valence-corrected chi connectivity index (χ3v) is 3.17. The van der Waals surface area contributed by atoms with Crippen LogP contribution in [0, 0.1) is 0 Å². The molecule has 1 aromatic rings. The van der Waals surface area contributed by atoms with E-state index in [2.05, 4.69) is 21.2 Å². The monoisotopic (exact) mass is 314 g/mol. The molecule has 0 saturated heterocycles. The van der Waals surface area contributed by atoms with Crippen LogP contribution in [0.1, 0.15) is 26.7 Å². The number of ether oxygens (including phenoxy) is 1. The third-order valence-electron chi connectivity index (χ3n) is 2.68. The van der Waals surface area contributed by atoms with E-state index in [1.807, 2.05) is 19.9 Å². The molecule has 5 heteroatoms. The predicted octanol–water partition coefficient (Wildman–Crippen LogP) is 2.71. The van der Waals surface area contributed by atoms with E-state index >= 15 is 0 Å². The van der Waals surface area contributed by atoms with Crippen LogP contribution in [0.3, 0.4) is 0 Å². The van der Waals surface area contributed by atoms with Gasteiger partial charge in [0.2, 0.25) is 0 Å². The Morgan fingerprint density at radius 3 is 2.67 bits per heavy atom. The average Bonchev–Trinajstić information content (AvgIpc) is 2.35. The molecule has 0 aliphatic heterocycles. The Balaban J connectivity index is 2.47. The molecule has 0 aliphatic rings. The molecule has 0 atom stereocenters. The highest BCUT2D eigenvalue weighted by molar-refractivity contribution is 9.10. The lowest BCUT2D eigenvalue weighted by molar-refractivity contribution is -0.123. The number of amides is 1. The summed E-state index contributed by atoms with van der Waals surface area (Å²) in [5.74, 6) is 0.406. The normalized spacial score (nSPS) is 10.4. The zero-order chi connectivity index (χ0) is 13.5. The van der Waals surface area contributed by atoms with Crippen molar-refractivity contribution in [2.75, 3.05) is 12.3 Å². The second-order valence-corrected chi connectivity index (χ2v) is 4.97. The van der Waals surface area contributed by atoms with Crippen LogP contribution < -0.4 is 15.8 Å². The quantitative estimate of drug-likeness (QED) is 0.793. The molecule has 0 unspecified atom stereocenters. The number of carbonyl (C=O) groups is 1. The summed E-state index contributed by atoms with van der Waals surface area (Å²) in [5, 5.41) is 2.90. The molecule has 3 N–H and O–H groups in total. The molecule has 100 valence electrons. The Labute approximate surface area is 116 Å². The van der Waals surface area contributed by atoms with Crippen molar-refractivity contribution < 1.29 is 9.53 Å². The smallest absolute Gasteiger partial charge is 0.258 e. The number of nitrogen functional groups attached to an aromatic ring is 1. The van der Waals surface area contributed by atoms with E-state index in [9.17, 15) is 4.79 Å². The Hall–Kier alpha value is -1.23. The second kappa shape index (κ2) is 7.26. The van der Waals surface area contributed by atoms with Crippen molar-refractivity contribution in [1.29, 1.82) is 0 Å². The molecule has 0 aromatic heterocycles. The van der Waals surface area contributed by atoms with Crippen LogP contribution in [0.4, 0.5) is 5.69 Å². The van der Waals surface area contributed by atoms with Crippen molar-refractivity contribution >= 4 is 27.5 Å². The molecular formula is C13H19BrN2O2. The van der Waals surface area contributed by atoms with Gasteiger partial charge in [0.1, 0.15) is 5.75 Å². The van der Waals surface area contributed by atoms with Crippen molar-refractivity contribution in [2.45, 2.75) is 32.7 Å². The minimum absolute atomic E-state index is 0.0116. The number of halogens is 1. The minimum Gasteiger partial charge on any atom is -0.482 e. The molecular weight excluding hydrogens is 296 g/mol. The lowest BCUT2D eigenvalue weighted by atomic mass is 10.2. The molecule has 4 nitrogen and oxygen atoms in total. The first-order valence-corrected chi connectivity index (χ1v) is 6.83. The second-order valence-electron chi connectivity index (χ2n) is 4.05. The Bertz CT molecular complexity index is 406. The number of carbonyl (C=O) groups excluding carboxylic acids is 1. The van der Waals surface area contributed by atoms with E-state index in [1.54, 1.807) is 12.1 Å². The molecule has 0 radical (unpaired) electrons. The average molecular weight is 315 g/mol. The van der Waals surface area contributed by atoms with Gasteiger partial charge in [-0.25, -0.2) is 0 Å². The lowest BCUT2D eigenvalue weighted by Gasteiger charge is -2.15. The maximum atomic E-state index is 11.6. The maximum absolute atomic E-state index is 11.6. The van der Waals surface area contributed by atoms with Gasteiger partial charge in [0.25, 0.3) is 5.91 Å². The van der Waals surface area contributed by atoms with Gasteiger partial charge in [-0.15, -0.1) is 0 Å². The molecule has 1 amide bonds. The molecule has 0 spiro atoms. The Morgan fingerprint density at radius 2 is 2.11 bits per heavy atom. The van der Waals surface area contributed by atoms with Gasteiger partial charge in [-0.2, -0.15) is 0 Å². The van der Waals surface area contributed by atoms with Gasteiger partial charge in [-0.1, -0.05) is 29.8 Å². The molecule has 0 saturated carbocycles. The summed E-state index contributed by atoms with van der Waals surface area (Å²) in [6, 6.07) is 5.52. The van der Waals surface area contributed by atoms with Gasteiger partial charge < -0.3 is 15.8 Å². The van der Waals surface area contributed by atoms with Crippen LogP contribution >= 0.6 is 15.9 Å². The number of hydrogen-bond acceptors (Lipinski definition) is 3. The zero-order valence-electron chi connectivity index (χ0n) is 10.7. The van der Waals surface area contributed by atoms with Crippen molar-refractivity contribution in [1.82, 2.24) is 5.32 Å². The van der Waals surface area contributed by atoms with Gasteiger partial charge >= 0.3 is 0 Å². The van der Waals surface area contributed by atoms with Gasteiger partial charge in [-0.3, -0.25) is 4.79 Å². The summed E-state index contributed by atoms with van der Waals surface area (Å²) in [4.78, 5) is 11.6. The van der Waals surface area contributed by atoms with Crippen molar-refractivity contribution in [3.8, 4) is 5.75 Å². The number of anilines is 1. The Kier molecular flexibility index (Phi) is 5.98. The molecule has 0 aliphatic carbocycles. The highest BCUT2D eigenvalue weighted by Gasteiger charge is 2.09. The van der Waals surface area contributed by atoms with Crippen molar-refractivity contribution in [3.05, 3.63) is 22.7 Å².